The van der Waals surface area contributed by atoms with Gasteiger partial charge >= 0.3 is 5.97 Å². The summed E-state index contributed by atoms with van der Waals surface area (Å²) in [4.78, 5) is 12.4. The molecule has 41 heavy (non-hydrogen) atoms. The van der Waals surface area contributed by atoms with Crippen molar-refractivity contribution >= 4 is 30.9 Å². The van der Waals surface area contributed by atoms with Crippen molar-refractivity contribution in [3.8, 4) is 0 Å². The SMILES string of the molecule is CCCC[C@@H](CC[C@@H](C[C@@H](CCC(=O)OCC)O[Si](C)(C)C(C)(C)C)O[Si](C)(C)C(C)(C)C)O[Si](C)(C)C(C)(C)C. The number of unbranched alkanes of at least 4 members (excludes halogenated alkanes) is 1. The van der Waals surface area contributed by atoms with Crippen LogP contribution >= 0.6 is 0 Å². The van der Waals surface area contributed by atoms with Crippen molar-refractivity contribution in [3.63, 3.8) is 0 Å². The molecule has 0 spiro atoms. The van der Waals surface area contributed by atoms with Gasteiger partial charge in [0.15, 0.2) is 25.0 Å². The monoisotopic (exact) mass is 632 g/mol. The Morgan fingerprint density at radius 3 is 1.32 bits per heavy atom. The van der Waals surface area contributed by atoms with Crippen molar-refractivity contribution in [1.29, 1.82) is 0 Å². The molecule has 0 N–H and O–H groups in total. The van der Waals surface area contributed by atoms with Crippen LogP contribution in [-0.2, 0) is 22.8 Å². The van der Waals surface area contributed by atoms with E-state index in [0.29, 0.717) is 19.4 Å². The zero-order chi connectivity index (χ0) is 32.5. The van der Waals surface area contributed by atoms with Crippen LogP contribution < -0.4 is 0 Å². The molecule has 0 unspecified atom stereocenters. The first-order valence-electron chi connectivity index (χ1n) is 16.5. The highest BCUT2D eigenvalue weighted by Crippen LogP contribution is 2.42. The number of hydrogen-bond acceptors (Lipinski definition) is 5. The van der Waals surface area contributed by atoms with Gasteiger partial charge in [0, 0.05) is 24.7 Å². The summed E-state index contributed by atoms with van der Waals surface area (Å²) in [7, 11) is -5.97. The van der Waals surface area contributed by atoms with Crippen LogP contribution in [0.15, 0.2) is 0 Å². The Balaban J connectivity index is 6.19. The minimum Gasteiger partial charge on any atom is -0.466 e. The zero-order valence-electron chi connectivity index (χ0n) is 30.6. The fourth-order valence-corrected chi connectivity index (χ4v) is 8.33. The smallest absolute Gasteiger partial charge is 0.305 e. The Morgan fingerprint density at radius 2 is 0.951 bits per heavy atom. The van der Waals surface area contributed by atoms with Gasteiger partial charge in [0.2, 0.25) is 0 Å². The van der Waals surface area contributed by atoms with E-state index in [4.69, 9.17) is 18.0 Å². The van der Waals surface area contributed by atoms with Gasteiger partial charge in [0.05, 0.1) is 6.61 Å². The number of carbonyl (C=O) groups is 1. The lowest BCUT2D eigenvalue weighted by molar-refractivity contribution is -0.143. The molecule has 0 aliphatic rings. The summed E-state index contributed by atoms with van der Waals surface area (Å²) in [6.45, 7) is 39.3. The molecule has 0 aliphatic carbocycles. The van der Waals surface area contributed by atoms with Crippen molar-refractivity contribution in [2.45, 2.75) is 200 Å². The third-order valence-electron chi connectivity index (χ3n) is 9.99. The molecule has 0 heterocycles. The molecule has 0 bridgehead atoms. The summed E-state index contributed by atoms with van der Waals surface area (Å²) in [5.41, 5.74) is 0. The van der Waals surface area contributed by atoms with Gasteiger partial charge in [-0.2, -0.15) is 0 Å². The Hall–Kier alpha value is 0.000649. The van der Waals surface area contributed by atoms with Gasteiger partial charge in [-0.05, 0) is 93.4 Å². The van der Waals surface area contributed by atoms with E-state index in [2.05, 4.69) is 109 Å². The highest BCUT2D eigenvalue weighted by Gasteiger charge is 2.43. The van der Waals surface area contributed by atoms with Gasteiger partial charge in [-0.1, -0.05) is 82.1 Å². The van der Waals surface area contributed by atoms with E-state index in [1.807, 2.05) is 6.92 Å². The Labute approximate surface area is 260 Å². The van der Waals surface area contributed by atoms with Crippen molar-refractivity contribution in [2.24, 2.45) is 0 Å². The molecule has 0 saturated carbocycles. The number of carbonyl (C=O) groups excluding carboxylic acids is 1. The van der Waals surface area contributed by atoms with E-state index in [0.717, 1.165) is 25.7 Å². The Morgan fingerprint density at radius 1 is 0.585 bits per heavy atom. The predicted octanol–water partition coefficient (Wildman–Crippen LogP) is 10.9. The number of hydrogen-bond donors (Lipinski definition) is 0. The first-order valence-corrected chi connectivity index (χ1v) is 25.2. The summed E-state index contributed by atoms with van der Waals surface area (Å²) < 4.78 is 26.4. The van der Waals surface area contributed by atoms with Crippen LogP contribution in [0.2, 0.25) is 54.4 Å². The summed E-state index contributed by atoms with van der Waals surface area (Å²) >= 11 is 0. The fourth-order valence-electron chi connectivity index (χ4n) is 4.10. The van der Waals surface area contributed by atoms with Crippen molar-refractivity contribution in [3.05, 3.63) is 0 Å². The molecule has 0 aromatic carbocycles. The molecule has 0 amide bonds. The molecule has 0 saturated heterocycles. The lowest BCUT2D eigenvalue weighted by Crippen LogP contribution is -2.48. The second kappa shape index (κ2) is 16.4. The summed E-state index contributed by atoms with van der Waals surface area (Å²) in [6.07, 6.45) is 7.55. The van der Waals surface area contributed by atoms with Crippen molar-refractivity contribution in [1.82, 2.24) is 0 Å². The van der Waals surface area contributed by atoms with Crippen LogP contribution in [-0.4, -0.2) is 55.8 Å². The normalized spacial score (nSPS) is 16.4. The minimum atomic E-state index is -2.05. The molecule has 0 radical (unpaired) electrons. The standard InChI is InChI=1S/C33H72O5Si3/c1-18-20-21-27(36-39(12,13)31(3,4)5)22-23-28(37-40(14,15)32(6,7)8)26-29(24-25-30(34)35-19-2)38-41(16,17)33(9,10)11/h27-29H,18-26H2,1-17H3/t27-,28-,29+/m0/s1. The van der Waals surface area contributed by atoms with E-state index in [1.165, 1.54) is 12.8 Å². The van der Waals surface area contributed by atoms with E-state index in [-0.39, 0.29) is 39.4 Å². The second-order valence-electron chi connectivity index (χ2n) is 16.8. The van der Waals surface area contributed by atoms with E-state index in [9.17, 15) is 4.79 Å². The van der Waals surface area contributed by atoms with Gasteiger partial charge in [0.25, 0.3) is 0 Å². The molecule has 5 nitrogen and oxygen atoms in total. The molecule has 246 valence electrons. The molecular weight excluding hydrogens is 561 g/mol. The molecule has 0 rings (SSSR count). The topological polar surface area (TPSA) is 54.0 Å². The van der Waals surface area contributed by atoms with Gasteiger partial charge in [0.1, 0.15) is 0 Å². The highest BCUT2D eigenvalue weighted by molar-refractivity contribution is 6.75. The first-order chi connectivity index (χ1) is 18.3. The van der Waals surface area contributed by atoms with Crippen LogP contribution in [0.5, 0.6) is 0 Å². The zero-order valence-corrected chi connectivity index (χ0v) is 33.6. The molecule has 3 atom stereocenters. The third-order valence-corrected chi connectivity index (χ3v) is 23.6. The van der Waals surface area contributed by atoms with Gasteiger partial charge in [-0.15, -0.1) is 0 Å². The summed E-state index contributed by atoms with van der Waals surface area (Å²) in [5.74, 6) is -0.138. The molecule has 0 aromatic rings. The maximum Gasteiger partial charge on any atom is 0.305 e. The average molecular weight is 633 g/mol. The first kappa shape index (κ1) is 41.0. The molecule has 0 fully saturated rings. The van der Waals surface area contributed by atoms with Gasteiger partial charge in [-0.25, -0.2) is 0 Å². The maximum atomic E-state index is 12.4. The Kier molecular flexibility index (Phi) is 16.4. The molecule has 0 aromatic heterocycles. The van der Waals surface area contributed by atoms with E-state index >= 15 is 0 Å². The van der Waals surface area contributed by atoms with Crippen LogP contribution in [0.4, 0.5) is 0 Å². The second-order valence-corrected chi connectivity index (χ2v) is 31.1. The largest absolute Gasteiger partial charge is 0.466 e. The maximum absolute atomic E-state index is 12.4. The van der Waals surface area contributed by atoms with Crippen LogP contribution in [0.1, 0.15) is 128 Å². The highest BCUT2D eigenvalue weighted by atomic mass is 28.4. The van der Waals surface area contributed by atoms with Crippen molar-refractivity contribution < 1.29 is 22.8 Å². The average Bonchev–Trinajstić information content (AvgIpc) is 2.76. The molecular formula is C33H72O5Si3. The molecule has 8 heteroatoms. The third kappa shape index (κ3) is 14.6. The Bertz CT molecular complexity index is 760. The fraction of sp³-hybridized carbons (Fsp3) is 0.970. The minimum absolute atomic E-state index is 0.0366. The van der Waals surface area contributed by atoms with E-state index < -0.39 is 25.0 Å². The van der Waals surface area contributed by atoms with Crippen LogP contribution in [0.25, 0.3) is 0 Å². The van der Waals surface area contributed by atoms with E-state index in [1.54, 1.807) is 0 Å². The lowest BCUT2D eigenvalue weighted by atomic mass is 10.00. The van der Waals surface area contributed by atoms with Crippen LogP contribution in [0.3, 0.4) is 0 Å². The number of rotatable bonds is 18. The quantitative estimate of drug-likeness (QED) is 0.111. The van der Waals surface area contributed by atoms with Gasteiger partial charge in [-0.3, -0.25) is 4.79 Å². The van der Waals surface area contributed by atoms with Gasteiger partial charge < -0.3 is 18.0 Å². The lowest BCUT2D eigenvalue weighted by Gasteiger charge is -2.43. The molecule has 0 aliphatic heterocycles. The van der Waals surface area contributed by atoms with Crippen LogP contribution in [0, 0.1) is 0 Å². The summed E-state index contributed by atoms with van der Waals surface area (Å²) in [5, 5.41) is 0.391. The number of ether oxygens (including phenoxy) is 1. The number of esters is 1. The predicted molar refractivity (Wildman–Crippen MR) is 185 cm³/mol. The van der Waals surface area contributed by atoms with Crippen molar-refractivity contribution in [2.75, 3.05) is 6.61 Å². The summed E-state index contributed by atoms with van der Waals surface area (Å²) in [6, 6.07) is 0.